The molecule has 0 aromatic carbocycles. The lowest BCUT2D eigenvalue weighted by molar-refractivity contribution is -0.0511. The number of aliphatic hydroxyl groups is 3. The SMILES string of the molecule is O.O=c1[nH]c(=O)c2ncn([C@@H]3O[C@H](CO)[C@@H](O)[C@H]3O)c2[nH]1. The van der Waals surface area contributed by atoms with E-state index in [-0.39, 0.29) is 16.6 Å². The van der Waals surface area contributed by atoms with E-state index in [1.807, 2.05) is 4.98 Å². The normalized spacial score (nSPS) is 28.7. The van der Waals surface area contributed by atoms with Crippen molar-refractivity contribution in [2.45, 2.75) is 24.5 Å². The zero-order valence-electron chi connectivity index (χ0n) is 10.6. The van der Waals surface area contributed by atoms with Crippen LogP contribution in [0.25, 0.3) is 11.2 Å². The molecule has 0 amide bonds. The van der Waals surface area contributed by atoms with Crippen molar-refractivity contribution in [2.24, 2.45) is 0 Å². The summed E-state index contributed by atoms with van der Waals surface area (Å²) >= 11 is 0. The molecule has 1 saturated heterocycles. The first kappa shape index (κ1) is 15.3. The predicted molar refractivity (Wildman–Crippen MR) is 67.6 cm³/mol. The Morgan fingerprint density at radius 3 is 2.62 bits per heavy atom. The lowest BCUT2D eigenvalue weighted by Gasteiger charge is -2.16. The maximum Gasteiger partial charge on any atom is 0.327 e. The highest BCUT2D eigenvalue weighted by molar-refractivity contribution is 5.68. The van der Waals surface area contributed by atoms with Gasteiger partial charge in [0.2, 0.25) is 0 Å². The maximum atomic E-state index is 11.6. The highest BCUT2D eigenvalue weighted by Gasteiger charge is 2.43. The Kier molecular flexibility index (Phi) is 3.93. The highest BCUT2D eigenvalue weighted by Crippen LogP contribution is 2.30. The van der Waals surface area contributed by atoms with E-state index in [1.165, 1.54) is 10.9 Å². The summed E-state index contributed by atoms with van der Waals surface area (Å²) in [6, 6.07) is 0. The Balaban J connectivity index is 0.00000161. The molecule has 1 aliphatic heterocycles. The van der Waals surface area contributed by atoms with Gasteiger partial charge in [0.1, 0.15) is 24.0 Å². The minimum Gasteiger partial charge on any atom is -0.412 e. The van der Waals surface area contributed by atoms with Gasteiger partial charge in [-0.05, 0) is 0 Å². The van der Waals surface area contributed by atoms with Crippen LogP contribution >= 0.6 is 0 Å². The molecule has 0 unspecified atom stereocenters. The summed E-state index contributed by atoms with van der Waals surface area (Å²) in [4.78, 5) is 31.1. The van der Waals surface area contributed by atoms with E-state index < -0.39 is 42.4 Å². The molecule has 7 N–H and O–H groups in total. The van der Waals surface area contributed by atoms with Crippen molar-refractivity contribution >= 4 is 11.2 Å². The fourth-order valence-electron chi connectivity index (χ4n) is 2.25. The molecule has 0 bridgehead atoms. The van der Waals surface area contributed by atoms with Gasteiger partial charge in [0.15, 0.2) is 11.7 Å². The molecule has 1 aliphatic rings. The standard InChI is InChI=1S/C10H12N4O6.H2O/c15-1-3-5(16)6(17)9(20-3)14-2-11-4-7(14)12-10(19)13-8(4)18;/h2-3,5-6,9,15-17H,1H2,(H2,12,13,18,19);1H2/t3-,5-,6-,9-;/m1./s1. The van der Waals surface area contributed by atoms with E-state index in [0.717, 1.165) is 0 Å². The van der Waals surface area contributed by atoms with Crippen LogP contribution in [0.5, 0.6) is 0 Å². The number of aromatic amines is 2. The third-order valence-corrected chi connectivity index (χ3v) is 3.26. The van der Waals surface area contributed by atoms with Crippen molar-refractivity contribution in [1.82, 2.24) is 19.5 Å². The van der Waals surface area contributed by atoms with Gasteiger partial charge in [-0.25, -0.2) is 9.78 Å². The van der Waals surface area contributed by atoms with Crippen LogP contribution in [0.15, 0.2) is 15.9 Å². The van der Waals surface area contributed by atoms with Gasteiger partial charge >= 0.3 is 5.69 Å². The van der Waals surface area contributed by atoms with Gasteiger partial charge in [-0.1, -0.05) is 0 Å². The number of ether oxygens (including phenoxy) is 1. The maximum absolute atomic E-state index is 11.6. The van der Waals surface area contributed by atoms with E-state index in [0.29, 0.717) is 0 Å². The molecule has 0 spiro atoms. The Morgan fingerprint density at radius 2 is 2.00 bits per heavy atom. The Hall–Kier alpha value is -2.05. The third kappa shape index (κ3) is 2.26. The topological polar surface area (TPSA) is 185 Å². The smallest absolute Gasteiger partial charge is 0.327 e. The van der Waals surface area contributed by atoms with Crippen molar-refractivity contribution in [1.29, 1.82) is 0 Å². The van der Waals surface area contributed by atoms with Crippen molar-refractivity contribution in [2.75, 3.05) is 6.61 Å². The molecular formula is C10H14N4O7. The zero-order valence-corrected chi connectivity index (χ0v) is 10.6. The molecule has 0 saturated carbocycles. The second kappa shape index (κ2) is 5.38. The number of imidazole rings is 1. The molecular weight excluding hydrogens is 288 g/mol. The summed E-state index contributed by atoms with van der Waals surface area (Å²) in [6.45, 7) is -0.474. The van der Waals surface area contributed by atoms with Crippen LogP contribution in [0.4, 0.5) is 0 Å². The molecule has 3 heterocycles. The summed E-state index contributed by atoms with van der Waals surface area (Å²) in [6.07, 6.45) is -3.43. The molecule has 4 atom stereocenters. The van der Waals surface area contributed by atoms with Gasteiger partial charge in [0.25, 0.3) is 5.56 Å². The van der Waals surface area contributed by atoms with Crippen LogP contribution < -0.4 is 11.2 Å². The third-order valence-electron chi connectivity index (χ3n) is 3.26. The lowest BCUT2D eigenvalue weighted by atomic mass is 10.1. The molecule has 0 aliphatic carbocycles. The molecule has 2 aromatic rings. The fraction of sp³-hybridized carbons (Fsp3) is 0.500. The summed E-state index contributed by atoms with van der Waals surface area (Å²) < 4.78 is 6.54. The van der Waals surface area contributed by atoms with Crippen molar-refractivity contribution in [3.05, 3.63) is 27.2 Å². The number of fused-ring (bicyclic) bond motifs is 1. The molecule has 11 heteroatoms. The van der Waals surface area contributed by atoms with E-state index in [1.54, 1.807) is 0 Å². The first-order valence-electron chi connectivity index (χ1n) is 5.84. The van der Waals surface area contributed by atoms with Crippen molar-refractivity contribution in [3.8, 4) is 0 Å². The highest BCUT2D eigenvalue weighted by atomic mass is 16.6. The monoisotopic (exact) mass is 302 g/mol. The first-order chi connectivity index (χ1) is 9.52. The van der Waals surface area contributed by atoms with Crippen LogP contribution in [0.2, 0.25) is 0 Å². The van der Waals surface area contributed by atoms with Gasteiger partial charge in [-0.15, -0.1) is 0 Å². The molecule has 3 rings (SSSR count). The minimum absolute atomic E-state index is 0. The van der Waals surface area contributed by atoms with Crippen LogP contribution in [0.3, 0.4) is 0 Å². The van der Waals surface area contributed by atoms with Gasteiger partial charge < -0.3 is 25.5 Å². The van der Waals surface area contributed by atoms with Crippen LogP contribution in [0.1, 0.15) is 6.23 Å². The average molecular weight is 302 g/mol. The first-order valence-corrected chi connectivity index (χ1v) is 5.84. The number of nitrogens with one attached hydrogen (secondary N) is 2. The molecule has 21 heavy (non-hydrogen) atoms. The van der Waals surface area contributed by atoms with Crippen molar-refractivity contribution < 1.29 is 25.5 Å². The van der Waals surface area contributed by atoms with E-state index in [4.69, 9.17) is 9.84 Å². The van der Waals surface area contributed by atoms with Gasteiger partial charge in [0.05, 0.1) is 12.9 Å². The average Bonchev–Trinajstić information content (AvgIpc) is 2.93. The molecule has 11 nitrogen and oxygen atoms in total. The lowest BCUT2D eigenvalue weighted by Crippen LogP contribution is -2.33. The number of nitrogens with zero attached hydrogens (tertiary/aromatic N) is 2. The number of aromatic nitrogens is 4. The van der Waals surface area contributed by atoms with E-state index in [9.17, 15) is 19.8 Å². The number of H-pyrrole nitrogens is 2. The zero-order chi connectivity index (χ0) is 14.4. The predicted octanol–water partition coefficient (Wildman–Crippen LogP) is -3.80. The van der Waals surface area contributed by atoms with Crippen molar-refractivity contribution in [3.63, 3.8) is 0 Å². The second-order valence-electron chi connectivity index (χ2n) is 4.49. The molecule has 1 fully saturated rings. The van der Waals surface area contributed by atoms with Crippen LogP contribution in [-0.2, 0) is 4.74 Å². The van der Waals surface area contributed by atoms with E-state index >= 15 is 0 Å². The molecule has 0 radical (unpaired) electrons. The Labute approximate surface area is 115 Å². The number of aliphatic hydroxyl groups excluding tert-OH is 3. The quantitative estimate of drug-likeness (QED) is 0.376. The Bertz CT molecular complexity index is 750. The Morgan fingerprint density at radius 1 is 1.29 bits per heavy atom. The summed E-state index contributed by atoms with van der Waals surface area (Å²) in [5, 5.41) is 28.7. The van der Waals surface area contributed by atoms with Crippen LogP contribution in [-0.4, -0.2) is 65.2 Å². The largest absolute Gasteiger partial charge is 0.412 e. The van der Waals surface area contributed by atoms with Gasteiger partial charge in [-0.2, -0.15) is 0 Å². The minimum atomic E-state index is -1.33. The van der Waals surface area contributed by atoms with E-state index in [2.05, 4.69) is 9.97 Å². The van der Waals surface area contributed by atoms with Crippen LogP contribution in [0, 0.1) is 0 Å². The number of hydrogen-bond acceptors (Lipinski definition) is 7. The van der Waals surface area contributed by atoms with Gasteiger partial charge in [-0.3, -0.25) is 19.3 Å². The molecule has 116 valence electrons. The fourth-order valence-corrected chi connectivity index (χ4v) is 2.25. The number of rotatable bonds is 2. The molecule has 2 aromatic heterocycles. The summed E-state index contributed by atoms with van der Waals surface area (Å²) in [5.74, 6) is 0. The number of hydrogen-bond donors (Lipinski definition) is 5. The second-order valence-corrected chi connectivity index (χ2v) is 4.49. The summed E-state index contributed by atoms with van der Waals surface area (Å²) in [5.41, 5.74) is -1.36. The van der Waals surface area contributed by atoms with Gasteiger partial charge in [0, 0.05) is 0 Å². The summed E-state index contributed by atoms with van der Waals surface area (Å²) in [7, 11) is 0.